The van der Waals surface area contributed by atoms with Crippen LogP contribution in [0.4, 0.5) is 4.79 Å². The molecule has 1 amide bonds. The van der Waals surface area contributed by atoms with Crippen LogP contribution >= 0.6 is 0 Å². The molecule has 7 nitrogen and oxygen atoms in total. The molecule has 1 aliphatic heterocycles. The van der Waals surface area contributed by atoms with Crippen molar-refractivity contribution in [1.82, 2.24) is 4.90 Å². The number of likely N-dealkylation sites (tertiary alicyclic amines) is 1. The fourth-order valence-electron chi connectivity index (χ4n) is 3.14. The van der Waals surface area contributed by atoms with Crippen molar-refractivity contribution in [2.45, 2.75) is 71.3 Å². The highest BCUT2D eigenvalue weighted by atomic mass is 16.6. The van der Waals surface area contributed by atoms with Crippen LogP contribution < -0.4 is 0 Å². The monoisotopic (exact) mass is 391 g/mol. The number of nitrogens with zero attached hydrogens (tertiary/aromatic N) is 1. The predicted octanol–water partition coefficient (Wildman–Crippen LogP) is 3.45. The Hall–Kier alpha value is -2.57. The van der Waals surface area contributed by atoms with Crippen molar-refractivity contribution >= 4 is 18.0 Å². The molecule has 0 bridgehead atoms. The van der Waals surface area contributed by atoms with E-state index in [0.29, 0.717) is 12.8 Å². The van der Waals surface area contributed by atoms with Crippen LogP contribution in [0.15, 0.2) is 30.3 Å². The van der Waals surface area contributed by atoms with Gasteiger partial charge in [-0.15, -0.1) is 0 Å². The Morgan fingerprint density at radius 1 is 1.11 bits per heavy atom. The SMILES string of the molecule is CC(=O)O[C@H]1CC[C@H](CC(=O)OC(C)(C)C)N(C(=O)OCc2ccccc2)C1. The summed E-state index contributed by atoms with van der Waals surface area (Å²) in [6, 6.07) is 8.99. The molecule has 154 valence electrons. The standard InChI is InChI=1S/C21H29NO6/c1-15(23)27-18-11-10-17(12-19(24)28-21(2,3)4)22(13-18)20(25)26-14-16-8-6-5-7-9-16/h5-9,17-18H,10-14H2,1-4H3/t17-,18+/m1/s1. The van der Waals surface area contributed by atoms with E-state index in [1.165, 1.54) is 11.8 Å². The highest BCUT2D eigenvalue weighted by Crippen LogP contribution is 2.24. The zero-order valence-electron chi connectivity index (χ0n) is 17.0. The van der Waals surface area contributed by atoms with Crippen LogP contribution in [0.25, 0.3) is 0 Å². The molecule has 1 fully saturated rings. The molecule has 1 aliphatic rings. The first-order chi connectivity index (χ1) is 13.1. The largest absolute Gasteiger partial charge is 0.461 e. The first-order valence-corrected chi connectivity index (χ1v) is 9.50. The van der Waals surface area contributed by atoms with Crippen LogP contribution in [0.5, 0.6) is 0 Å². The predicted molar refractivity (Wildman–Crippen MR) is 102 cm³/mol. The van der Waals surface area contributed by atoms with Crippen LogP contribution in [-0.2, 0) is 30.4 Å². The van der Waals surface area contributed by atoms with Crippen LogP contribution in [0.3, 0.4) is 0 Å². The number of benzene rings is 1. The summed E-state index contributed by atoms with van der Waals surface area (Å²) in [6.07, 6.45) is 0.239. The fraction of sp³-hybridized carbons (Fsp3) is 0.571. The summed E-state index contributed by atoms with van der Waals surface area (Å²) in [6.45, 7) is 7.07. The molecule has 1 saturated heterocycles. The molecule has 0 spiro atoms. The third-order valence-corrected chi connectivity index (χ3v) is 4.26. The van der Waals surface area contributed by atoms with Crippen molar-refractivity contribution in [3.63, 3.8) is 0 Å². The fourth-order valence-corrected chi connectivity index (χ4v) is 3.14. The van der Waals surface area contributed by atoms with Gasteiger partial charge in [0.25, 0.3) is 0 Å². The minimum Gasteiger partial charge on any atom is -0.461 e. The summed E-state index contributed by atoms with van der Waals surface area (Å²) in [5.74, 6) is -0.766. The Labute approximate surface area is 165 Å². The molecule has 1 aromatic rings. The van der Waals surface area contributed by atoms with Gasteiger partial charge in [-0.2, -0.15) is 0 Å². The molecule has 2 rings (SSSR count). The molecule has 0 saturated carbocycles. The van der Waals surface area contributed by atoms with Crippen LogP contribution in [0.2, 0.25) is 0 Å². The first kappa shape index (κ1) is 21.7. The van der Waals surface area contributed by atoms with Crippen LogP contribution in [0.1, 0.15) is 52.5 Å². The van der Waals surface area contributed by atoms with Gasteiger partial charge in [-0.25, -0.2) is 4.79 Å². The van der Waals surface area contributed by atoms with Gasteiger partial charge in [-0.3, -0.25) is 9.59 Å². The molecule has 28 heavy (non-hydrogen) atoms. The van der Waals surface area contributed by atoms with Crippen molar-refractivity contribution in [3.8, 4) is 0 Å². The zero-order chi connectivity index (χ0) is 20.7. The van der Waals surface area contributed by atoms with E-state index in [4.69, 9.17) is 14.2 Å². The lowest BCUT2D eigenvalue weighted by molar-refractivity contribution is -0.158. The quantitative estimate of drug-likeness (QED) is 0.565. The molecular formula is C21H29NO6. The highest BCUT2D eigenvalue weighted by molar-refractivity contribution is 5.73. The molecule has 1 aromatic carbocycles. The molecule has 1 heterocycles. The van der Waals surface area contributed by atoms with Gasteiger partial charge in [0.2, 0.25) is 0 Å². The Balaban J connectivity index is 2.03. The summed E-state index contributed by atoms with van der Waals surface area (Å²) in [5.41, 5.74) is 0.276. The molecule has 2 atom stereocenters. The Morgan fingerprint density at radius 2 is 1.79 bits per heavy atom. The maximum atomic E-state index is 12.7. The highest BCUT2D eigenvalue weighted by Gasteiger charge is 2.36. The van der Waals surface area contributed by atoms with Crippen molar-refractivity contribution in [1.29, 1.82) is 0 Å². The molecule has 0 N–H and O–H groups in total. The number of rotatable bonds is 5. The van der Waals surface area contributed by atoms with E-state index in [0.717, 1.165) is 5.56 Å². The second kappa shape index (κ2) is 9.57. The minimum absolute atomic E-state index is 0.0739. The number of hydrogen-bond donors (Lipinski definition) is 0. The number of piperidine rings is 1. The van der Waals surface area contributed by atoms with Gasteiger partial charge in [0.15, 0.2) is 0 Å². The van der Waals surface area contributed by atoms with E-state index in [9.17, 15) is 14.4 Å². The van der Waals surface area contributed by atoms with Crippen LogP contribution in [0, 0.1) is 0 Å². The van der Waals surface area contributed by atoms with Crippen molar-refractivity contribution in [2.75, 3.05) is 6.54 Å². The molecule has 0 unspecified atom stereocenters. The zero-order valence-corrected chi connectivity index (χ0v) is 17.0. The minimum atomic E-state index is -0.593. The number of hydrogen-bond acceptors (Lipinski definition) is 6. The van der Waals surface area contributed by atoms with Gasteiger partial charge in [0, 0.05) is 13.0 Å². The van der Waals surface area contributed by atoms with Crippen molar-refractivity contribution in [3.05, 3.63) is 35.9 Å². The molecular weight excluding hydrogens is 362 g/mol. The maximum Gasteiger partial charge on any atom is 0.410 e. The number of carbonyl (C=O) groups excluding carboxylic acids is 3. The summed E-state index contributed by atoms with van der Waals surface area (Å²) in [5, 5.41) is 0. The Morgan fingerprint density at radius 3 is 2.39 bits per heavy atom. The van der Waals surface area contributed by atoms with Gasteiger partial charge in [-0.1, -0.05) is 30.3 Å². The van der Waals surface area contributed by atoms with E-state index in [1.54, 1.807) is 20.8 Å². The van der Waals surface area contributed by atoms with Gasteiger partial charge < -0.3 is 19.1 Å². The van der Waals surface area contributed by atoms with E-state index in [1.807, 2.05) is 30.3 Å². The van der Waals surface area contributed by atoms with Gasteiger partial charge in [0.05, 0.1) is 13.0 Å². The van der Waals surface area contributed by atoms with Crippen LogP contribution in [-0.4, -0.2) is 47.2 Å². The summed E-state index contributed by atoms with van der Waals surface area (Å²) in [4.78, 5) is 37.7. The van der Waals surface area contributed by atoms with E-state index in [2.05, 4.69) is 0 Å². The Bertz CT molecular complexity index is 682. The number of ether oxygens (including phenoxy) is 3. The Kier molecular flexibility index (Phi) is 7.43. The van der Waals surface area contributed by atoms with E-state index >= 15 is 0 Å². The molecule has 0 aromatic heterocycles. The molecule has 0 radical (unpaired) electrons. The van der Waals surface area contributed by atoms with Gasteiger partial charge in [-0.05, 0) is 39.2 Å². The number of amides is 1. The third-order valence-electron chi connectivity index (χ3n) is 4.26. The lowest BCUT2D eigenvalue weighted by atomic mass is 9.97. The van der Waals surface area contributed by atoms with Gasteiger partial charge >= 0.3 is 18.0 Å². The molecule has 0 aliphatic carbocycles. The third kappa shape index (κ3) is 7.21. The number of carbonyl (C=O) groups is 3. The lowest BCUT2D eigenvalue weighted by Crippen LogP contribution is -2.51. The van der Waals surface area contributed by atoms with E-state index < -0.39 is 23.8 Å². The summed E-state index contributed by atoms with van der Waals surface area (Å²) in [7, 11) is 0. The maximum absolute atomic E-state index is 12.7. The second-order valence-electron chi connectivity index (χ2n) is 7.95. The average molecular weight is 391 g/mol. The van der Waals surface area contributed by atoms with E-state index in [-0.39, 0.29) is 31.6 Å². The average Bonchev–Trinajstić information content (AvgIpc) is 2.59. The molecule has 7 heteroatoms. The van der Waals surface area contributed by atoms with Crippen molar-refractivity contribution in [2.24, 2.45) is 0 Å². The summed E-state index contributed by atoms with van der Waals surface area (Å²) < 4.78 is 16.1. The van der Waals surface area contributed by atoms with Crippen molar-refractivity contribution < 1.29 is 28.6 Å². The number of esters is 2. The second-order valence-corrected chi connectivity index (χ2v) is 7.95. The topological polar surface area (TPSA) is 82.1 Å². The first-order valence-electron chi connectivity index (χ1n) is 9.50. The smallest absolute Gasteiger partial charge is 0.410 e. The van der Waals surface area contributed by atoms with Gasteiger partial charge in [0.1, 0.15) is 18.3 Å². The lowest BCUT2D eigenvalue weighted by Gasteiger charge is -2.38. The normalized spacial score (nSPS) is 19.6. The summed E-state index contributed by atoms with van der Waals surface area (Å²) >= 11 is 0.